The van der Waals surface area contributed by atoms with Crippen LogP contribution in [0.5, 0.6) is 11.6 Å². The first-order valence-corrected chi connectivity index (χ1v) is 7.90. The van der Waals surface area contributed by atoms with Gasteiger partial charge in [-0.05, 0) is 31.0 Å². The van der Waals surface area contributed by atoms with Crippen LogP contribution in [0.3, 0.4) is 0 Å². The lowest BCUT2D eigenvalue weighted by Gasteiger charge is -2.16. The summed E-state index contributed by atoms with van der Waals surface area (Å²) in [5.74, 6) is 0.816. The maximum atomic E-state index is 12.5. The van der Waals surface area contributed by atoms with Crippen molar-refractivity contribution in [3.05, 3.63) is 47.4 Å². The van der Waals surface area contributed by atoms with E-state index in [1.54, 1.807) is 23.2 Å². The lowest BCUT2D eigenvalue weighted by Crippen LogP contribution is -2.31. The molecular weight excluding hydrogens is 306 g/mol. The fraction of sp³-hybridized carbons (Fsp3) is 0.353. The Morgan fingerprint density at radius 1 is 1.38 bits per heavy atom. The molecule has 2 aromatic heterocycles. The largest absolute Gasteiger partial charge is 0.437 e. The minimum atomic E-state index is -0.0826. The van der Waals surface area contributed by atoms with E-state index in [0.29, 0.717) is 36.8 Å². The van der Waals surface area contributed by atoms with Crippen LogP contribution in [0.15, 0.2) is 30.6 Å². The Morgan fingerprint density at radius 3 is 2.92 bits per heavy atom. The van der Waals surface area contributed by atoms with Gasteiger partial charge in [-0.15, -0.1) is 0 Å². The fourth-order valence-corrected chi connectivity index (χ4v) is 2.74. The second kappa shape index (κ2) is 6.94. The van der Waals surface area contributed by atoms with E-state index in [4.69, 9.17) is 16.2 Å². The van der Waals surface area contributed by atoms with Crippen molar-refractivity contribution >= 4 is 5.91 Å². The molecule has 7 heteroatoms. The lowest BCUT2D eigenvalue weighted by atomic mass is 10.2. The van der Waals surface area contributed by atoms with E-state index in [1.165, 1.54) is 6.20 Å². The van der Waals surface area contributed by atoms with E-state index >= 15 is 0 Å². The monoisotopic (exact) mass is 327 g/mol. The van der Waals surface area contributed by atoms with Crippen LogP contribution in [0.4, 0.5) is 0 Å². The number of pyridine rings is 2. The van der Waals surface area contributed by atoms with E-state index in [0.717, 1.165) is 17.7 Å². The molecule has 1 saturated heterocycles. The summed E-state index contributed by atoms with van der Waals surface area (Å²) in [6.07, 6.45) is 3.91. The number of nitrogens with two attached hydrogens (primary N) is 2. The van der Waals surface area contributed by atoms with Gasteiger partial charge in [0.1, 0.15) is 5.75 Å². The third-order valence-corrected chi connectivity index (χ3v) is 3.92. The SMILES string of the molecule is Cc1cc(CN)cc(Oc2cncc(C(=O)N3CC[C@@H](N)C3)c2)n1. The Kier molecular flexibility index (Phi) is 4.73. The second-order valence-electron chi connectivity index (χ2n) is 5.97. The molecule has 0 radical (unpaired) electrons. The number of aromatic nitrogens is 2. The number of ether oxygens (including phenoxy) is 1. The van der Waals surface area contributed by atoms with Crippen LogP contribution in [0, 0.1) is 6.92 Å². The molecule has 0 aromatic carbocycles. The van der Waals surface area contributed by atoms with E-state index in [-0.39, 0.29) is 11.9 Å². The van der Waals surface area contributed by atoms with Crippen molar-refractivity contribution in [1.29, 1.82) is 0 Å². The number of hydrogen-bond donors (Lipinski definition) is 2. The minimum absolute atomic E-state index is 0.0486. The zero-order valence-corrected chi connectivity index (χ0v) is 13.6. The molecule has 1 amide bonds. The molecule has 1 fully saturated rings. The maximum Gasteiger partial charge on any atom is 0.255 e. The predicted molar refractivity (Wildman–Crippen MR) is 89.7 cm³/mol. The van der Waals surface area contributed by atoms with Crippen LogP contribution in [-0.4, -0.2) is 39.9 Å². The summed E-state index contributed by atoms with van der Waals surface area (Å²) in [6, 6.07) is 5.40. The molecule has 0 aliphatic carbocycles. The van der Waals surface area contributed by atoms with Gasteiger partial charge in [0.15, 0.2) is 0 Å². The fourth-order valence-electron chi connectivity index (χ4n) is 2.74. The molecule has 3 rings (SSSR count). The zero-order chi connectivity index (χ0) is 17.1. The first kappa shape index (κ1) is 16.4. The summed E-state index contributed by atoms with van der Waals surface area (Å²) in [6.45, 7) is 3.53. The topological polar surface area (TPSA) is 107 Å². The summed E-state index contributed by atoms with van der Waals surface area (Å²) in [5, 5.41) is 0. The van der Waals surface area contributed by atoms with Crippen molar-refractivity contribution < 1.29 is 9.53 Å². The van der Waals surface area contributed by atoms with Gasteiger partial charge in [0.2, 0.25) is 5.88 Å². The summed E-state index contributed by atoms with van der Waals surface area (Å²) in [7, 11) is 0. The Labute approximate surface area is 140 Å². The van der Waals surface area contributed by atoms with Gasteiger partial charge in [-0.3, -0.25) is 9.78 Å². The van der Waals surface area contributed by atoms with Crippen LogP contribution in [-0.2, 0) is 6.54 Å². The van der Waals surface area contributed by atoms with E-state index in [9.17, 15) is 4.79 Å². The van der Waals surface area contributed by atoms with Crippen LogP contribution in [0.2, 0.25) is 0 Å². The van der Waals surface area contributed by atoms with E-state index in [1.807, 2.05) is 13.0 Å². The molecule has 126 valence electrons. The summed E-state index contributed by atoms with van der Waals surface area (Å²) in [4.78, 5) is 22.7. The van der Waals surface area contributed by atoms with E-state index < -0.39 is 0 Å². The molecule has 0 saturated carbocycles. The van der Waals surface area contributed by atoms with Crippen molar-refractivity contribution in [2.24, 2.45) is 11.5 Å². The summed E-state index contributed by atoms with van der Waals surface area (Å²) >= 11 is 0. The molecule has 4 N–H and O–H groups in total. The molecular formula is C17H21N5O2. The zero-order valence-electron chi connectivity index (χ0n) is 13.6. The molecule has 0 bridgehead atoms. The number of amides is 1. The van der Waals surface area contributed by atoms with Crippen molar-refractivity contribution in [3.8, 4) is 11.6 Å². The quantitative estimate of drug-likeness (QED) is 0.874. The van der Waals surface area contributed by atoms with Crippen LogP contribution < -0.4 is 16.2 Å². The molecule has 0 spiro atoms. The van der Waals surface area contributed by atoms with Gasteiger partial charge in [0.05, 0.1) is 11.8 Å². The van der Waals surface area contributed by atoms with Crippen molar-refractivity contribution in [2.45, 2.75) is 25.9 Å². The normalized spacial score (nSPS) is 17.1. The highest BCUT2D eigenvalue weighted by Gasteiger charge is 2.25. The van der Waals surface area contributed by atoms with Gasteiger partial charge in [-0.1, -0.05) is 0 Å². The molecule has 3 heterocycles. The van der Waals surface area contributed by atoms with Gasteiger partial charge >= 0.3 is 0 Å². The Hall–Kier alpha value is -2.51. The molecule has 1 atom stereocenters. The standard InChI is InChI=1S/C17H21N5O2/c1-11-4-12(7-18)5-16(21-11)24-15-6-13(8-20-9-15)17(23)22-3-2-14(19)10-22/h4-6,8-9,14H,2-3,7,10,18-19H2,1H3/t14-/m1/s1. The van der Waals surface area contributed by atoms with Crippen LogP contribution in [0.25, 0.3) is 0 Å². The number of likely N-dealkylation sites (tertiary alicyclic amines) is 1. The third-order valence-electron chi connectivity index (χ3n) is 3.92. The molecule has 24 heavy (non-hydrogen) atoms. The van der Waals surface area contributed by atoms with Gasteiger partial charge in [-0.2, -0.15) is 0 Å². The maximum absolute atomic E-state index is 12.5. The van der Waals surface area contributed by atoms with E-state index in [2.05, 4.69) is 9.97 Å². The van der Waals surface area contributed by atoms with Crippen molar-refractivity contribution in [2.75, 3.05) is 13.1 Å². The molecule has 2 aromatic rings. The lowest BCUT2D eigenvalue weighted by molar-refractivity contribution is 0.0790. The number of hydrogen-bond acceptors (Lipinski definition) is 6. The average Bonchev–Trinajstić information content (AvgIpc) is 3.00. The van der Waals surface area contributed by atoms with Gasteiger partial charge in [0, 0.05) is 43.6 Å². The highest BCUT2D eigenvalue weighted by molar-refractivity contribution is 5.94. The average molecular weight is 327 g/mol. The molecule has 1 aliphatic rings. The van der Waals surface area contributed by atoms with Crippen LogP contribution in [0.1, 0.15) is 28.0 Å². The van der Waals surface area contributed by atoms with Crippen molar-refractivity contribution in [3.63, 3.8) is 0 Å². The first-order chi connectivity index (χ1) is 11.5. The number of nitrogens with zero attached hydrogens (tertiary/aromatic N) is 3. The number of rotatable bonds is 4. The van der Waals surface area contributed by atoms with Crippen LogP contribution >= 0.6 is 0 Å². The minimum Gasteiger partial charge on any atom is -0.437 e. The Balaban J connectivity index is 1.78. The number of carbonyl (C=O) groups is 1. The summed E-state index contributed by atoms with van der Waals surface area (Å²) in [5.41, 5.74) is 13.8. The number of aryl methyl sites for hydroxylation is 1. The Bertz CT molecular complexity index is 750. The molecule has 0 unspecified atom stereocenters. The van der Waals surface area contributed by atoms with Gasteiger partial charge in [0.25, 0.3) is 5.91 Å². The second-order valence-corrected chi connectivity index (χ2v) is 5.97. The predicted octanol–water partition coefficient (Wildman–Crippen LogP) is 1.21. The van der Waals surface area contributed by atoms with Gasteiger partial charge in [-0.25, -0.2) is 4.98 Å². The highest BCUT2D eigenvalue weighted by Crippen LogP contribution is 2.22. The number of carbonyl (C=O) groups excluding carboxylic acids is 1. The smallest absolute Gasteiger partial charge is 0.255 e. The summed E-state index contributed by atoms with van der Waals surface area (Å²) < 4.78 is 5.75. The van der Waals surface area contributed by atoms with Gasteiger partial charge < -0.3 is 21.1 Å². The molecule has 7 nitrogen and oxygen atoms in total. The Morgan fingerprint density at radius 2 is 2.21 bits per heavy atom. The first-order valence-electron chi connectivity index (χ1n) is 7.90. The van der Waals surface area contributed by atoms with Crippen molar-refractivity contribution in [1.82, 2.24) is 14.9 Å². The highest BCUT2D eigenvalue weighted by atomic mass is 16.5. The molecule has 1 aliphatic heterocycles. The third kappa shape index (κ3) is 3.69.